The summed E-state index contributed by atoms with van der Waals surface area (Å²) in [5.41, 5.74) is 10.6. The van der Waals surface area contributed by atoms with Crippen LogP contribution in [0.15, 0.2) is 48.5 Å². The highest BCUT2D eigenvalue weighted by molar-refractivity contribution is 5.94. The van der Waals surface area contributed by atoms with Crippen LogP contribution >= 0.6 is 0 Å². The second-order valence-corrected chi connectivity index (χ2v) is 7.81. The number of nitrogens with one attached hydrogen (secondary N) is 2. The van der Waals surface area contributed by atoms with E-state index in [0.29, 0.717) is 0 Å². The van der Waals surface area contributed by atoms with E-state index in [0.717, 1.165) is 31.0 Å². The summed E-state index contributed by atoms with van der Waals surface area (Å²) in [5.74, 6) is 0.865. The molecule has 1 atom stereocenters. The molecule has 0 radical (unpaired) electrons. The van der Waals surface area contributed by atoms with Crippen LogP contribution in [0.25, 0.3) is 0 Å². The number of unbranched alkanes of at least 4 members (excludes halogenated alkanes) is 4. The highest BCUT2D eigenvalue weighted by Gasteiger charge is 2.15. The van der Waals surface area contributed by atoms with Crippen molar-refractivity contribution < 1.29 is 0 Å². The third kappa shape index (κ3) is 6.21. The summed E-state index contributed by atoms with van der Waals surface area (Å²) < 4.78 is 0. The Hall–Kier alpha value is -2.13. The monoisotopic (exact) mass is 363 g/mol. The lowest BCUT2D eigenvalue weighted by atomic mass is 9.96. The maximum absolute atomic E-state index is 7.43. The molecule has 144 valence electrons. The number of hydrogen-bond donors (Lipinski definition) is 3. The van der Waals surface area contributed by atoms with Gasteiger partial charge in [-0.05, 0) is 61.3 Å². The number of hydrogen-bond acceptors (Lipinski definition) is 2. The van der Waals surface area contributed by atoms with Crippen molar-refractivity contribution in [3.05, 3.63) is 70.8 Å². The fourth-order valence-electron chi connectivity index (χ4n) is 3.94. The van der Waals surface area contributed by atoms with E-state index in [9.17, 15) is 0 Å². The summed E-state index contributed by atoms with van der Waals surface area (Å²) in [6.45, 7) is 2.30. The first-order valence-electron chi connectivity index (χ1n) is 10.5. The molecule has 3 rings (SSSR count). The second-order valence-electron chi connectivity index (χ2n) is 7.81. The van der Waals surface area contributed by atoms with Crippen LogP contribution in [0.5, 0.6) is 0 Å². The molecule has 1 heterocycles. The van der Waals surface area contributed by atoms with Crippen LogP contribution < -0.4 is 11.1 Å². The van der Waals surface area contributed by atoms with Crippen LogP contribution in [0.2, 0.25) is 0 Å². The van der Waals surface area contributed by atoms with E-state index in [2.05, 4.69) is 41.7 Å². The number of benzene rings is 2. The minimum Gasteiger partial charge on any atom is -0.384 e. The van der Waals surface area contributed by atoms with Gasteiger partial charge in [-0.1, -0.05) is 67.8 Å². The van der Waals surface area contributed by atoms with Gasteiger partial charge >= 0.3 is 0 Å². The first-order chi connectivity index (χ1) is 13.2. The Labute approximate surface area is 163 Å². The van der Waals surface area contributed by atoms with Crippen molar-refractivity contribution in [2.75, 3.05) is 13.1 Å². The zero-order chi connectivity index (χ0) is 18.9. The molecule has 3 nitrogen and oxygen atoms in total. The van der Waals surface area contributed by atoms with Crippen LogP contribution in [-0.4, -0.2) is 18.9 Å². The molecule has 0 amide bonds. The van der Waals surface area contributed by atoms with Crippen molar-refractivity contribution in [1.29, 1.82) is 5.41 Å². The molecular formula is C24H33N3. The molecule has 0 saturated carbocycles. The maximum Gasteiger partial charge on any atom is 0.122 e. The normalized spacial score (nSPS) is 16.5. The molecule has 1 aliphatic heterocycles. The minimum atomic E-state index is 0.145. The van der Waals surface area contributed by atoms with Crippen molar-refractivity contribution in [2.24, 2.45) is 5.73 Å². The number of rotatable bonds is 10. The van der Waals surface area contributed by atoms with Crippen LogP contribution in [0.3, 0.4) is 0 Å². The predicted octanol–water partition coefficient (Wildman–Crippen LogP) is 4.78. The van der Waals surface area contributed by atoms with Gasteiger partial charge in [-0.3, -0.25) is 5.41 Å². The topological polar surface area (TPSA) is 61.9 Å². The summed E-state index contributed by atoms with van der Waals surface area (Å²) in [6, 6.07) is 17.4. The fraction of sp³-hybridized carbons (Fsp3) is 0.458. The van der Waals surface area contributed by atoms with Gasteiger partial charge in [-0.25, -0.2) is 0 Å². The van der Waals surface area contributed by atoms with Crippen LogP contribution in [0.4, 0.5) is 0 Å². The lowest BCUT2D eigenvalue weighted by Gasteiger charge is -2.09. The van der Waals surface area contributed by atoms with E-state index in [1.165, 1.54) is 61.6 Å². The average molecular weight is 364 g/mol. The molecule has 0 spiro atoms. The molecule has 1 saturated heterocycles. The summed E-state index contributed by atoms with van der Waals surface area (Å²) in [4.78, 5) is 0. The highest BCUT2D eigenvalue weighted by atomic mass is 14.9. The third-order valence-corrected chi connectivity index (χ3v) is 5.71. The van der Waals surface area contributed by atoms with Gasteiger partial charge in [0, 0.05) is 12.1 Å². The Bertz CT molecular complexity index is 697. The van der Waals surface area contributed by atoms with Crippen LogP contribution in [0, 0.1) is 5.41 Å². The van der Waals surface area contributed by atoms with E-state index >= 15 is 0 Å². The van der Waals surface area contributed by atoms with E-state index in [1.54, 1.807) is 0 Å². The van der Waals surface area contributed by atoms with Gasteiger partial charge in [0.25, 0.3) is 0 Å². The van der Waals surface area contributed by atoms with Gasteiger partial charge < -0.3 is 11.1 Å². The Balaban J connectivity index is 1.26. The van der Waals surface area contributed by atoms with E-state index in [-0.39, 0.29) is 5.84 Å². The Morgan fingerprint density at radius 3 is 1.93 bits per heavy atom. The Morgan fingerprint density at radius 2 is 1.41 bits per heavy atom. The number of nitrogen functional groups attached to an aromatic ring is 1. The van der Waals surface area contributed by atoms with Crippen molar-refractivity contribution in [3.8, 4) is 0 Å². The lowest BCUT2D eigenvalue weighted by molar-refractivity contribution is 0.613. The highest BCUT2D eigenvalue weighted by Crippen LogP contribution is 2.23. The molecule has 2 aromatic rings. The average Bonchev–Trinajstić information content (AvgIpc) is 3.23. The number of nitrogens with two attached hydrogens (primary N) is 1. The standard InChI is InChI=1S/C24H33N3/c25-24(26)22-14-10-20(11-15-22)7-5-3-1-2-4-6-19-8-12-21(13-9-19)23-16-17-27-18-23/h8-15,23,27H,1-7,16-18H2,(H3,25,26). The molecule has 1 fully saturated rings. The minimum absolute atomic E-state index is 0.145. The molecule has 3 heteroatoms. The van der Waals surface area contributed by atoms with Crippen molar-refractivity contribution in [3.63, 3.8) is 0 Å². The summed E-state index contributed by atoms with van der Waals surface area (Å²) >= 11 is 0. The van der Waals surface area contributed by atoms with E-state index < -0.39 is 0 Å². The van der Waals surface area contributed by atoms with Crippen molar-refractivity contribution in [2.45, 2.75) is 57.3 Å². The van der Waals surface area contributed by atoms with Gasteiger partial charge in [0.15, 0.2) is 0 Å². The van der Waals surface area contributed by atoms with Gasteiger partial charge in [0.05, 0.1) is 0 Å². The molecule has 2 aromatic carbocycles. The van der Waals surface area contributed by atoms with Crippen LogP contribution in [0.1, 0.15) is 66.7 Å². The Morgan fingerprint density at radius 1 is 0.852 bits per heavy atom. The first-order valence-corrected chi connectivity index (χ1v) is 10.5. The van der Waals surface area contributed by atoms with Gasteiger partial charge in [-0.15, -0.1) is 0 Å². The van der Waals surface area contributed by atoms with Gasteiger partial charge in [-0.2, -0.15) is 0 Å². The quantitative estimate of drug-likeness (QED) is 0.323. The third-order valence-electron chi connectivity index (χ3n) is 5.71. The van der Waals surface area contributed by atoms with E-state index in [1.807, 2.05) is 12.1 Å². The number of amidine groups is 1. The molecule has 0 aliphatic carbocycles. The molecule has 0 bridgehead atoms. The summed E-state index contributed by atoms with van der Waals surface area (Å²) in [7, 11) is 0. The summed E-state index contributed by atoms with van der Waals surface area (Å²) in [5, 5.41) is 10.9. The molecule has 4 N–H and O–H groups in total. The fourth-order valence-corrected chi connectivity index (χ4v) is 3.94. The molecular weight excluding hydrogens is 330 g/mol. The predicted molar refractivity (Wildman–Crippen MR) is 115 cm³/mol. The Kier molecular flexibility index (Phi) is 7.46. The molecule has 1 aliphatic rings. The smallest absolute Gasteiger partial charge is 0.122 e. The second kappa shape index (κ2) is 10.3. The lowest BCUT2D eigenvalue weighted by Crippen LogP contribution is -2.10. The zero-order valence-corrected chi connectivity index (χ0v) is 16.3. The van der Waals surface area contributed by atoms with Gasteiger partial charge in [0.1, 0.15) is 5.84 Å². The maximum atomic E-state index is 7.43. The first kappa shape index (κ1) is 19.6. The van der Waals surface area contributed by atoms with Gasteiger partial charge in [0.2, 0.25) is 0 Å². The van der Waals surface area contributed by atoms with Crippen molar-refractivity contribution in [1.82, 2.24) is 5.32 Å². The summed E-state index contributed by atoms with van der Waals surface area (Å²) in [6.07, 6.45) is 10.1. The largest absolute Gasteiger partial charge is 0.384 e. The SMILES string of the molecule is N=C(N)c1ccc(CCCCCCCc2ccc(C3CCNC3)cc2)cc1. The number of aryl methyl sites for hydroxylation is 2. The van der Waals surface area contributed by atoms with E-state index in [4.69, 9.17) is 11.1 Å². The molecule has 0 aromatic heterocycles. The molecule has 27 heavy (non-hydrogen) atoms. The van der Waals surface area contributed by atoms with Crippen LogP contribution in [-0.2, 0) is 12.8 Å². The van der Waals surface area contributed by atoms with Crippen molar-refractivity contribution >= 4 is 5.84 Å². The molecule has 1 unspecified atom stereocenters. The zero-order valence-electron chi connectivity index (χ0n) is 16.3.